The number of carbonyl (C=O) groups is 2. The molecule has 0 unspecified atom stereocenters. The fourth-order valence-electron chi connectivity index (χ4n) is 3.77. The molecular formula is C19H25FN2O2. The van der Waals surface area contributed by atoms with E-state index in [2.05, 4.69) is 0 Å². The maximum atomic E-state index is 13.3. The standard InChI is InChI=1S/C19H25FN2O2/c1-21-8-7-16(13-18(21)23)19(24)22-9-5-14(6-10-22)11-15-3-2-4-17(20)12-15/h2-4,12,14,16H,5-11,13H2,1H3/t16-/m0/s1. The lowest BCUT2D eigenvalue weighted by molar-refractivity contribution is -0.145. The van der Waals surface area contributed by atoms with E-state index < -0.39 is 0 Å². The lowest BCUT2D eigenvalue weighted by Crippen LogP contribution is -2.46. The van der Waals surface area contributed by atoms with Crippen LogP contribution in [0.2, 0.25) is 0 Å². The number of carbonyl (C=O) groups excluding carboxylic acids is 2. The monoisotopic (exact) mass is 332 g/mol. The van der Waals surface area contributed by atoms with Crippen molar-refractivity contribution >= 4 is 11.8 Å². The number of piperidine rings is 2. The summed E-state index contributed by atoms with van der Waals surface area (Å²) in [4.78, 5) is 28.0. The van der Waals surface area contributed by atoms with E-state index in [9.17, 15) is 14.0 Å². The number of benzene rings is 1. The fourth-order valence-corrected chi connectivity index (χ4v) is 3.77. The van der Waals surface area contributed by atoms with Gasteiger partial charge in [0.1, 0.15) is 5.82 Å². The highest BCUT2D eigenvalue weighted by Crippen LogP contribution is 2.26. The molecule has 2 fully saturated rings. The quantitative estimate of drug-likeness (QED) is 0.853. The van der Waals surface area contributed by atoms with E-state index in [1.165, 1.54) is 6.07 Å². The van der Waals surface area contributed by atoms with Crippen molar-refractivity contribution in [2.45, 2.75) is 32.1 Å². The second kappa shape index (κ2) is 7.32. The summed E-state index contributed by atoms with van der Waals surface area (Å²) in [5.41, 5.74) is 1.03. The first-order chi connectivity index (χ1) is 11.5. The Hall–Kier alpha value is -1.91. The molecule has 0 radical (unpaired) electrons. The summed E-state index contributed by atoms with van der Waals surface area (Å²) >= 11 is 0. The molecule has 0 saturated carbocycles. The number of amides is 2. The molecule has 24 heavy (non-hydrogen) atoms. The Morgan fingerprint density at radius 3 is 2.62 bits per heavy atom. The summed E-state index contributed by atoms with van der Waals surface area (Å²) in [6, 6.07) is 6.78. The molecule has 1 aromatic rings. The van der Waals surface area contributed by atoms with Gasteiger partial charge in [-0.2, -0.15) is 0 Å². The topological polar surface area (TPSA) is 40.6 Å². The minimum Gasteiger partial charge on any atom is -0.346 e. The van der Waals surface area contributed by atoms with Gasteiger partial charge in [0.25, 0.3) is 0 Å². The molecule has 2 saturated heterocycles. The number of hydrogen-bond acceptors (Lipinski definition) is 2. The molecule has 2 heterocycles. The van der Waals surface area contributed by atoms with Gasteiger partial charge in [-0.25, -0.2) is 4.39 Å². The van der Waals surface area contributed by atoms with Crippen molar-refractivity contribution in [1.29, 1.82) is 0 Å². The van der Waals surface area contributed by atoms with Crippen LogP contribution in [0.15, 0.2) is 24.3 Å². The number of hydrogen-bond donors (Lipinski definition) is 0. The van der Waals surface area contributed by atoms with Gasteiger partial charge in [-0.3, -0.25) is 9.59 Å². The van der Waals surface area contributed by atoms with E-state index in [-0.39, 0.29) is 23.5 Å². The molecule has 130 valence electrons. The molecule has 4 nitrogen and oxygen atoms in total. The predicted octanol–water partition coefficient (Wildman–Crippen LogP) is 2.48. The third kappa shape index (κ3) is 3.94. The average Bonchev–Trinajstić information content (AvgIpc) is 2.57. The van der Waals surface area contributed by atoms with E-state index in [0.29, 0.717) is 18.9 Å². The molecule has 1 atom stereocenters. The van der Waals surface area contributed by atoms with Crippen molar-refractivity contribution in [3.63, 3.8) is 0 Å². The van der Waals surface area contributed by atoms with Crippen molar-refractivity contribution in [2.75, 3.05) is 26.7 Å². The molecule has 2 aliphatic rings. The van der Waals surface area contributed by atoms with Crippen molar-refractivity contribution in [3.05, 3.63) is 35.6 Å². The zero-order valence-corrected chi connectivity index (χ0v) is 14.2. The highest BCUT2D eigenvalue weighted by molar-refractivity contribution is 5.86. The van der Waals surface area contributed by atoms with Crippen LogP contribution in [-0.4, -0.2) is 48.3 Å². The summed E-state index contributed by atoms with van der Waals surface area (Å²) in [7, 11) is 1.79. The molecular weight excluding hydrogens is 307 g/mol. The van der Waals surface area contributed by atoms with E-state index in [1.54, 1.807) is 24.1 Å². The maximum absolute atomic E-state index is 13.3. The molecule has 2 amide bonds. The molecule has 2 aliphatic heterocycles. The molecule has 5 heteroatoms. The van der Waals surface area contributed by atoms with Gasteiger partial charge >= 0.3 is 0 Å². The fraction of sp³-hybridized carbons (Fsp3) is 0.579. The summed E-state index contributed by atoms with van der Waals surface area (Å²) in [6.07, 6.45) is 3.88. The van der Waals surface area contributed by atoms with Crippen molar-refractivity contribution in [3.8, 4) is 0 Å². The summed E-state index contributed by atoms with van der Waals surface area (Å²) in [5.74, 6) is 0.372. The predicted molar refractivity (Wildman–Crippen MR) is 89.8 cm³/mol. The van der Waals surface area contributed by atoms with E-state index in [4.69, 9.17) is 0 Å². The first-order valence-electron chi connectivity index (χ1n) is 8.80. The zero-order chi connectivity index (χ0) is 17.1. The summed E-state index contributed by atoms with van der Waals surface area (Å²) in [5, 5.41) is 0. The van der Waals surface area contributed by atoms with Gasteiger partial charge < -0.3 is 9.80 Å². The van der Waals surface area contributed by atoms with Gasteiger partial charge in [-0.15, -0.1) is 0 Å². The molecule has 0 N–H and O–H groups in total. The Labute approximate surface area is 142 Å². The van der Waals surface area contributed by atoms with Crippen molar-refractivity contribution in [2.24, 2.45) is 11.8 Å². The second-order valence-corrected chi connectivity index (χ2v) is 7.11. The van der Waals surface area contributed by atoms with Gasteiger partial charge in [-0.1, -0.05) is 12.1 Å². The smallest absolute Gasteiger partial charge is 0.226 e. The van der Waals surface area contributed by atoms with Gasteiger partial charge in [-0.05, 0) is 49.3 Å². The number of likely N-dealkylation sites (tertiary alicyclic amines) is 2. The van der Waals surface area contributed by atoms with E-state index in [0.717, 1.165) is 44.3 Å². The van der Waals surface area contributed by atoms with E-state index in [1.807, 2.05) is 11.0 Å². The van der Waals surface area contributed by atoms with Crippen LogP contribution in [0.25, 0.3) is 0 Å². The Morgan fingerprint density at radius 1 is 1.21 bits per heavy atom. The second-order valence-electron chi connectivity index (χ2n) is 7.11. The van der Waals surface area contributed by atoms with Crippen LogP contribution in [-0.2, 0) is 16.0 Å². The molecule has 0 aliphatic carbocycles. The van der Waals surface area contributed by atoms with Gasteiger partial charge in [0.15, 0.2) is 0 Å². The minimum atomic E-state index is -0.188. The number of halogens is 1. The van der Waals surface area contributed by atoms with Crippen LogP contribution in [0.4, 0.5) is 4.39 Å². The summed E-state index contributed by atoms with van der Waals surface area (Å²) in [6.45, 7) is 2.17. The Kier molecular flexibility index (Phi) is 5.17. The van der Waals surface area contributed by atoms with Crippen LogP contribution in [0.3, 0.4) is 0 Å². The van der Waals surface area contributed by atoms with Gasteiger partial charge in [0, 0.05) is 39.0 Å². The molecule has 0 spiro atoms. The van der Waals surface area contributed by atoms with Crippen LogP contribution in [0, 0.1) is 17.7 Å². The Balaban J connectivity index is 1.49. The van der Waals surface area contributed by atoms with Crippen molar-refractivity contribution < 1.29 is 14.0 Å². The highest BCUT2D eigenvalue weighted by atomic mass is 19.1. The normalized spacial score (nSPS) is 22.8. The van der Waals surface area contributed by atoms with Crippen LogP contribution >= 0.6 is 0 Å². The van der Waals surface area contributed by atoms with Crippen LogP contribution in [0.5, 0.6) is 0 Å². The molecule has 0 aromatic heterocycles. The van der Waals surface area contributed by atoms with Crippen molar-refractivity contribution in [1.82, 2.24) is 9.80 Å². The van der Waals surface area contributed by atoms with Gasteiger partial charge in [0.2, 0.25) is 11.8 Å². The van der Waals surface area contributed by atoms with Gasteiger partial charge in [0.05, 0.1) is 0 Å². The minimum absolute atomic E-state index is 0.0700. The third-order valence-electron chi connectivity index (χ3n) is 5.35. The van der Waals surface area contributed by atoms with Crippen LogP contribution < -0.4 is 0 Å². The largest absolute Gasteiger partial charge is 0.346 e. The lowest BCUT2D eigenvalue weighted by atomic mass is 9.88. The highest BCUT2D eigenvalue weighted by Gasteiger charge is 2.33. The summed E-state index contributed by atoms with van der Waals surface area (Å²) < 4.78 is 13.3. The lowest BCUT2D eigenvalue weighted by Gasteiger charge is -2.36. The van der Waals surface area contributed by atoms with Crippen LogP contribution in [0.1, 0.15) is 31.2 Å². The maximum Gasteiger partial charge on any atom is 0.226 e. The molecule has 1 aromatic carbocycles. The SMILES string of the molecule is CN1CC[C@H](C(=O)N2CCC(Cc3cccc(F)c3)CC2)CC1=O. The van der Waals surface area contributed by atoms with E-state index >= 15 is 0 Å². The number of rotatable bonds is 3. The third-order valence-corrected chi connectivity index (χ3v) is 5.35. The zero-order valence-electron chi connectivity index (χ0n) is 14.2. The Morgan fingerprint density at radius 2 is 1.96 bits per heavy atom. The molecule has 0 bridgehead atoms. The number of nitrogens with zero attached hydrogens (tertiary/aromatic N) is 2. The first-order valence-corrected chi connectivity index (χ1v) is 8.80. The Bertz CT molecular complexity index is 611. The molecule has 3 rings (SSSR count). The average molecular weight is 332 g/mol. The first kappa shape index (κ1) is 16.9.